The van der Waals surface area contributed by atoms with Gasteiger partial charge in [-0.15, -0.1) is 6.58 Å². The molecule has 0 spiro atoms. The lowest BCUT2D eigenvalue weighted by atomic mass is 10.1. The Morgan fingerprint density at radius 1 is 1.33 bits per heavy atom. The molecule has 96 valence electrons. The number of amides is 1. The number of carboxylic acids is 1. The Balaban J connectivity index is 3.05. The van der Waals surface area contributed by atoms with Crippen molar-refractivity contribution in [1.82, 2.24) is 4.90 Å². The Morgan fingerprint density at radius 2 is 2.00 bits per heavy atom. The highest BCUT2D eigenvalue weighted by Gasteiger charge is 2.21. The summed E-state index contributed by atoms with van der Waals surface area (Å²) in [5.74, 6) is -2.87. The van der Waals surface area contributed by atoms with E-state index in [1.807, 2.05) is 0 Å². The number of hydrogen-bond acceptors (Lipinski definition) is 4. The zero-order valence-electron chi connectivity index (χ0n) is 9.54. The molecule has 1 rings (SSSR count). The Labute approximate surface area is 103 Å². The van der Waals surface area contributed by atoms with Gasteiger partial charge >= 0.3 is 5.97 Å². The fourth-order valence-electron chi connectivity index (χ4n) is 1.41. The number of hydrogen-bond donors (Lipinski definition) is 3. The van der Waals surface area contributed by atoms with Gasteiger partial charge in [0.15, 0.2) is 11.5 Å². The van der Waals surface area contributed by atoms with Crippen LogP contribution in [0.4, 0.5) is 0 Å². The van der Waals surface area contributed by atoms with Crippen LogP contribution in [0.2, 0.25) is 0 Å². The molecule has 0 saturated carbocycles. The van der Waals surface area contributed by atoms with Crippen LogP contribution in [0.5, 0.6) is 11.5 Å². The lowest BCUT2D eigenvalue weighted by Crippen LogP contribution is -2.35. The summed E-state index contributed by atoms with van der Waals surface area (Å²) in [6, 6.07) is 3.91. The second-order valence-corrected chi connectivity index (χ2v) is 3.54. The van der Waals surface area contributed by atoms with Gasteiger partial charge in [-0.2, -0.15) is 0 Å². The maximum atomic E-state index is 12.0. The summed E-state index contributed by atoms with van der Waals surface area (Å²) in [4.78, 5) is 23.6. The molecule has 3 N–H and O–H groups in total. The highest BCUT2D eigenvalue weighted by Crippen LogP contribution is 2.29. The van der Waals surface area contributed by atoms with Gasteiger partial charge in [0.2, 0.25) is 0 Å². The molecule has 6 nitrogen and oxygen atoms in total. The van der Waals surface area contributed by atoms with Crippen LogP contribution in [0.3, 0.4) is 0 Å². The van der Waals surface area contributed by atoms with Gasteiger partial charge in [0, 0.05) is 6.54 Å². The third kappa shape index (κ3) is 3.00. The second kappa shape index (κ2) is 5.72. The van der Waals surface area contributed by atoms with Crippen LogP contribution in [-0.2, 0) is 4.79 Å². The van der Waals surface area contributed by atoms with Crippen LogP contribution in [0.15, 0.2) is 30.9 Å². The molecule has 6 heteroatoms. The predicted octanol–water partition coefficient (Wildman–Crippen LogP) is 0.811. The highest BCUT2D eigenvalue weighted by atomic mass is 16.4. The van der Waals surface area contributed by atoms with Crippen molar-refractivity contribution in [2.45, 2.75) is 0 Å². The first-order valence-electron chi connectivity index (χ1n) is 5.10. The largest absolute Gasteiger partial charge is 0.504 e. The van der Waals surface area contributed by atoms with Gasteiger partial charge in [0.1, 0.15) is 6.54 Å². The smallest absolute Gasteiger partial charge is 0.323 e. The summed E-state index contributed by atoms with van der Waals surface area (Å²) in [5.41, 5.74) is -0.155. The molecule has 0 atom stereocenters. The van der Waals surface area contributed by atoms with Gasteiger partial charge in [-0.3, -0.25) is 9.59 Å². The molecule has 0 bridgehead atoms. The summed E-state index contributed by atoms with van der Waals surface area (Å²) in [6.07, 6.45) is 1.38. The topological polar surface area (TPSA) is 98.1 Å². The first-order valence-corrected chi connectivity index (χ1v) is 5.10. The molecule has 18 heavy (non-hydrogen) atoms. The maximum absolute atomic E-state index is 12.0. The molecular formula is C12H13NO5. The summed E-state index contributed by atoms with van der Waals surface area (Å²) in [6.45, 7) is 2.94. The molecule has 0 unspecified atom stereocenters. The van der Waals surface area contributed by atoms with E-state index in [1.54, 1.807) is 0 Å². The predicted molar refractivity (Wildman–Crippen MR) is 63.5 cm³/mol. The number of carboxylic acid groups (broad SMARTS) is 1. The van der Waals surface area contributed by atoms with Crippen molar-refractivity contribution >= 4 is 11.9 Å². The summed E-state index contributed by atoms with van der Waals surface area (Å²) < 4.78 is 0. The Morgan fingerprint density at radius 3 is 2.56 bits per heavy atom. The Kier molecular flexibility index (Phi) is 4.31. The number of rotatable bonds is 5. The second-order valence-electron chi connectivity index (χ2n) is 3.54. The van der Waals surface area contributed by atoms with E-state index in [4.69, 9.17) is 5.11 Å². The van der Waals surface area contributed by atoms with E-state index < -0.39 is 29.9 Å². The minimum atomic E-state index is -1.18. The van der Waals surface area contributed by atoms with Crippen molar-refractivity contribution in [1.29, 1.82) is 0 Å². The first-order chi connectivity index (χ1) is 8.47. The van der Waals surface area contributed by atoms with Gasteiger partial charge in [0.05, 0.1) is 5.56 Å². The molecule has 0 heterocycles. The van der Waals surface area contributed by atoms with E-state index >= 15 is 0 Å². The van der Waals surface area contributed by atoms with E-state index in [9.17, 15) is 19.8 Å². The summed E-state index contributed by atoms with van der Waals surface area (Å²) in [7, 11) is 0. The lowest BCUT2D eigenvalue weighted by Gasteiger charge is -2.19. The molecule has 0 aliphatic carbocycles. The fraction of sp³-hybridized carbons (Fsp3) is 0.167. The zero-order chi connectivity index (χ0) is 13.7. The quantitative estimate of drug-likeness (QED) is 0.531. The number of carbonyl (C=O) groups is 2. The third-order valence-electron chi connectivity index (χ3n) is 2.21. The zero-order valence-corrected chi connectivity index (χ0v) is 9.54. The molecule has 0 radical (unpaired) electrons. The Bertz CT molecular complexity index is 483. The molecular weight excluding hydrogens is 238 g/mol. The van der Waals surface area contributed by atoms with Crippen LogP contribution in [0.1, 0.15) is 10.4 Å². The minimum Gasteiger partial charge on any atom is -0.504 e. The molecule has 0 aliphatic heterocycles. The summed E-state index contributed by atoms with van der Waals surface area (Å²) in [5, 5.41) is 27.5. The molecule has 0 aliphatic rings. The number of carbonyl (C=O) groups excluding carboxylic acids is 1. The summed E-state index contributed by atoms with van der Waals surface area (Å²) >= 11 is 0. The lowest BCUT2D eigenvalue weighted by molar-refractivity contribution is -0.137. The minimum absolute atomic E-state index is 0.0280. The van der Waals surface area contributed by atoms with Crippen molar-refractivity contribution < 1.29 is 24.9 Å². The number of aromatic hydroxyl groups is 2. The maximum Gasteiger partial charge on any atom is 0.323 e. The van der Waals surface area contributed by atoms with E-state index in [2.05, 4.69) is 6.58 Å². The van der Waals surface area contributed by atoms with E-state index in [1.165, 1.54) is 24.3 Å². The normalized spacial score (nSPS) is 9.78. The average molecular weight is 251 g/mol. The van der Waals surface area contributed by atoms with Crippen LogP contribution < -0.4 is 0 Å². The van der Waals surface area contributed by atoms with Crippen LogP contribution in [-0.4, -0.2) is 45.2 Å². The molecule has 0 aromatic heterocycles. The van der Waals surface area contributed by atoms with Crippen LogP contribution in [0, 0.1) is 0 Å². The van der Waals surface area contributed by atoms with Gasteiger partial charge in [-0.05, 0) is 12.1 Å². The van der Waals surface area contributed by atoms with Crippen molar-refractivity contribution in [2.24, 2.45) is 0 Å². The highest BCUT2D eigenvalue weighted by molar-refractivity contribution is 5.99. The van der Waals surface area contributed by atoms with Gasteiger partial charge in [-0.1, -0.05) is 12.1 Å². The van der Waals surface area contributed by atoms with Gasteiger partial charge in [-0.25, -0.2) is 0 Å². The average Bonchev–Trinajstić information content (AvgIpc) is 2.31. The number of aliphatic carboxylic acids is 1. The fourth-order valence-corrected chi connectivity index (χ4v) is 1.41. The Hall–Kier alpha value is -2.50. The SMILES string of the molecule is C=CCN(CC(=O)O)C(=O)c1cccc(O)c1O. The van der Waals surface area contributed by atoms with E-state index in [-0.39, 0.29) is 12.1 Å². The molecule has 0 fully saturated rings. The molecule has 1 aromatic rings. The number of para-hydroxylation sites is 1. The van der Waals surface area contributed by atoms with Crippen molar-refractivity contribution in [3.05, 3.63) is 36.4 Å². The number of phenols is 2. The van der Waals surface area contributed by atoms with Gasteiger partial charge < -0.3 is 20.2 Å². The van der Waals surface area contributed by atoms with E-state index in [0.717, 1.165) is 4.90 Å². The first kappa shape index (κ1) is 13.6. The number of phenolic OH excluding ortho intramolecular Hbond substituents is 2. The van der Waals surface area contributed by atoms with Crippen molar-refractivity contribution in [3.63, 3.8) is 0 Å². The molecule has 0 saturated heterocycles. The third-order valence-corrected chi connectivity index (χ3v) is 2.21. The van der Waals surface area contributed by atoms with Crippen LogP contribution >= 0.6 is 0 Å². The van der Waals surface area contributed by atoms with Crippen molar-refractivity contribution in [3.8, 4) is 11.5 Å². The van der Waals surface area contributed by atoms with E-state index in [0.29, 0.717) is 0 Å². The number of nitrogens with zero attached hydrogens (tertiary/aromatic N) is 1. The van der Waals surface area contributed by atoms with Gasteiger partial charge in [0.25, 0.3) is 5.91 Å². The molecule has 1 amide bonds. The number of benzene rings is 1. The molecule has 1 aromatic carbocycles. The monoisotopic (exact) mass is 251 g/mol. The van der Waals surface area contributed by atoms with Crippen LogP contribution in [0.25, 0.3) is 0 Å². The standard InChI is InChI=1S/C12H13NO5/c1-2-6-13(7-10(15)16)12(18)8-4-3-5-9(14)11(8)17/h2-5,14,17H,1,6-7H2,(H,15,16). The van der Waals surface area contributed by atoms with Crippen molar-refractivity contribution in [2.75, 3.05) is 13.1 Å².